The molecule has 3 rings (SSSR count). The zero-order chi connectivity index (χ0) is 15.7. The van der Waals surface area contributed by atoms with Gasteiger partial charge in [-0.15, -0.1) is 0 Å². The van der Waals surface area contributed by atoms with Gasteiger partial charge in [0.25, 0.3) is 0 Å². The van der Waals surface area contributed by atoms with Gasteiger partial charge in [0.2, 0.25) is 0 Å². The fraction of sp³-hybridized carbons (Fsp3) is 0.118. The third-order valence-corrected chi connectivity index (χ3v) is 4.24. The van der Waals surface area contributed by atoms with E-state index in [1.54, 1.807) is 18.2 Å². The normalized spacial score (nSPS) is 10.9. The van der Waals surface area contributed by atoms with Crippen LogP contribution in [0.2, 0.25) is 15.1 Å². The Bertz CT molecular complexity index is 828. The van der Waals surface area contributed by atoms with Crippen LogP contribution in [-0.4, -0.2) is 4.98 Å². The molecule has 0 spiro atoms. The van der Waals surface area contributed by atoms with Crippen molar-refractivity contribution in [2.75, 3.05) is 0 Å². The monoisotopic (exact) mass is 351 g/mol. The molecule has 0 fully saturated rings. The quantitative estimate of drug-likeness (QED) is 0.569. The van der Waals surface area contributed by atoms with Gasteiger partial charge in [0, 0.05) is 37.8 Å². The molecule has 0 unspecified atom stereocenters. The third-order valence-electron chi connectivity index (χ3n) is 3.29. The first-order valence-corrected chi connectivity index (χ1v) is 7.80. The summed E-state index contributed by atoms with van der Waals surface area (Å²) < 4.78 is 5.94. The number of hydrogen-bond donors (Lipinski definition) is 0. The molecule has 1 aromatic heterocycles. The van der Waals surface area contributed by atoms with Crippen LogP contribution in [0.5, 0.6) is 5.75 Å². The molecule has 22 heavy (non-hydrogen) atoms. The number of rotatable bonds is 3. The molecule has 2 aromatic carbocycles. The summed E-state index contributed by atoms with van der Waals surface area (Å²) in [6.45, 7) is 2.20. The molecule has 0 aliphatic heterocycles. The lowest BCUT2D eigenvalue weighted by atomic mass is 10.2. The molecular weight excluding hydrogens is 341 g/mol. The van der Waals surface area contributed by atoms with Gasteiger partial charge in [0.15, 0.2) is 0 Å². The molecule has 1 heterocycles. The zero-order valence-electron chi connectivity index (χ0n) is 11.7. The molecular formula is C17H12Cl3NO. The lowest BCUT2D eigenvalue weighted by molar-refractivity contribution is 0.310. The second-order valence-corrected chi connectivity index (χ2v) is 6.16. The Morgan fingerprint density at radius 1 is 1.00 bits per heavy atom. The fourth-order valence-corrected chi connectivity index (χ4v) is 2.91. The number of hydrogen-bond acceptors (Lipinski definition) is 2. The Hall–Kier alpha value is -1.48. The van der Waals surface area contributed by atoms with Crippen LogP contribution in [0, 0.1) is 6.92 Å². The van der Waals surface area contributed by atoms with E-state index >= 15 is 0 Å². The summed E-state index contributed by atoms with van der Waals surface area (Å²) in [4.78, 5) is 4.48. The summed E-state index contributed by atoms with van der Waals surface area (Å²) >= 11 is 18.4. The van der Waals surface area contributed by atoms with E-state index in [2.05, 4.69) is 4.98 Å². The number of fused-ring (bicyclic) bond motifs is 1. The van der Waals surface area contributed by atoms with Crippen LogP contribution in [0.15, 0.2) is 42.5 Å². The number of benzene rings is 2. The van der Waals surface area contributed by atoms with Crippen molar-refractivity contribution >= 4 is 45.7 Å². The van der Waals surface area contributed by atoms with Gasteiger partial charge >= 0.3 is 0 Å². The minimum atomic E-state index is 0.281. The van der Waals surface area contributed by atoms with E-state index in [4.69, 9.17) is 39.5 Å². The van der Waals surface area contributed by atoms with E-state index in [-0.39, 0.29) is 6.61 Å². The van der Waals surface area contributed by atoms with Crippen LogP contribution in [0.4, 0.5) is 0 Å². The molecule has 112 valence electrons. The number of aryl methyl sites for hydroxylation is 1. The number of aromatic nitrogens is 1. The predicted octanol–water partition coefficient (Wildman–Crippen LogP) is 6.08. The highest BCUT2D eigenvalue weighted by Gasteiger charge is 2.10. The predicted molar refractivity (Wildman–Crippen MR) is 92.3 cm³/mol. The second-order valence-electron chi connectivity index (χ2n) is 4.91. The van der Waals surface area contributed by atoms with Gasteiger partial charge in [-0.05, 0) is 37.3 Å². The summed E-state index contributed by atoms with van der Waals surface area (Å²) in [6.07, 6.45) is 0. The van der Waals surface area contributed by atoms with Gasteiger partial charge in [-0.2, -0.15) is 0 Å². The van der Waals surface area contributed by atoms with Crippen LogP contribution >= 0.6 is 34.8 Å². The topological polar surface area (TPSA) is 22.1 Å². The molecule has 0 N–H and O–H groups in total. The fourth-order valence-electron chi connectivity index (χ4n) is 2.23. The van der Waals surface area contributed by atoms with E-state index in [0.29, 0.717) is 20.8 Å². The lowest BCUT2D eigenvalue weighted by Gasteiger charge is -2.12. The van der Waals surface area contributed by atoms with Gasteiger partial charge in [0.1, 0.15) is 12.4 Å². The highest BCUT2D eigenvalue weighted by Crippen LogP contribution is 2.31. The summed E-state index contributed by atoms with van der Waals surface area (Å²) in [5, 5.41) is 2.67. The highest BCUT2D eigenvalue weighted by molar-refractivity contribution is 6.36. The summed E-state index contributed by atoms with van der Waals surface area (Å²) in [7, 11) is 0. The molecule has 0 saturated heterocycles. The molecule has 5 heteroatoms. The Balaban J connectivity index is 1.98. The number of pyridine rings is 1. The zero-order valence-corrected chi connectivity index (χ0v) is 14.0. The van der Waals surface area contributed by atoms with Crippen molar-refractivity contribution in [3.63, 3.8) is 0 Å². The van der Waals surface area contributed by atoms with Gasteiger partial charge in [0.05, 0.1) is 5.52 Å². The van der Waals surface area contributed by atoms with Gasteiger partial charge < -0.3 is 4.74 Å². The smallest absolute Gasteiger partial charge is 0.131 e. The van der Waals surface area contributed by atoms with Crippen molar-refractivity contribution < 1.29 is 4.74 Å². The summed E-state index contributed by atoms with van der Waals surface area (Å²) in [5.74, 6) is 0.709. The number of halogens is 3. The SMILES string of the molecule is Cc1cc(OCc2c(Cl)cccc2Cl)c2cc(Cl)ccc2n1. The molecule has 0 bridgehead atoms. The summed E-state index contributed by atoms with van der Waals surface area (Å²) in [5.41, 5.74) is 2.47. The molecule has 0 amide bonds. The molecule has 3 aromatic rings. The number of nitrogens with zero attached hydrogens (tertiary/aromatic N) is 1. The van der Waals surface area contributed by atoms with Gasteiger partial charge in [-0.25, -0.2) is 0 Å². The third kappa shape index (κ3) is 3.14. The van der Waals surface area contributed by atoms with Crippen molar-refractivity contribution in [1.29, 1.82) is 0 Å². The maximum Gasteiger partial charge on any atom is 0.131 e. The molecule has 0 saturated carbocycles. The standard InChI is InChI=1S/C17H12Cl3NO/c1-10-7-17(12-8-11(18)5-6-16(12)21-10)22-9-13-14(19)3-2-4-15(13)20/h2-8H,9H2,1H3. The Labute approximate surface area is 143 Å². The van der Waals surface area contributed by atoms with Crippen LogP contribution in [0.25, 0.3) is 10.9 Å². The van der Waals surface area contributed by atoms with Crippen LogP contribution in [0.3, 0.4) is 0 Å². The van der Waals surface area contributed by atoms with Crippen LogP contribution in [-0.2, 0) is 6.61 Å². The molecule has 0 aliphatic rings. The van der Waals surface area contributed by atoms with E-state index in [9.17, 15) is 0 Å². The highest BCUT2D eigenvalue weighted by atomic mass is 35.5. The lowest BCUT2D eigenvalue weighted by Crippen LogP contribution is -1.99. The molecule has 0 radical (unpaired) electrons. The minimum absolute atomic E-state index is 0.281. The number of ether oxygens (including phenoxy) is 1. The van der Waals surface area contributed by atoms with E-state index < -0.39 is 0 Å². The van der Waals surface area contributed by atoms with E-state index in [1.165, 1.54) is 0 Å². The first kappa shape index (κ1) is 15.4. The van der Waals surface area contributed by atoms with Crippen LogP contribution < -0.4 is 4.74 Å². The van der Waals surface area contributed by atoms with E-state index in [1.807, 2.05) is 31.2 Å². The Kier molecular flexibility index (Phi) is 4.44. The molecule has 0 atom stereocenters. The maximum atomic E-state index is 6.17. The van der Waals surface area contributed by atoms with Crippen LogP contribution in [0.1, 0.15) is 11.3 Å². The molecule has 0 aliphatic carbocycles. The second kappa shape index (κ2) is 6.33. The van der Waals surface area contributed by atoms with Crippen molar-refractivity contribution in [2.45, 2.75) is 13.5 Å². The first-order chi connectivity index (χ1) is 10.5. The Morgan fingerprint density at radius 3 is 2.45 bits per heavy atom. The van der Waals surface area contributed by atoms with Gasteiger partial charge in [-0.1, -0.05) is 40.9 Å². The summed E-state index contributed by atoms with van der Waals surface area (Å²) in [6, 6.07) is 12.8. The average molecular weight is 353 g/mol. The van der Waals surface area contributed by atoms with Crippen molar-refractivity contribution in [2.24, 2.45) is 0 Å². The van der Waals surface area contributed by atoms with Crippen molar-refractivity contribution in [3.05, 3.63) is 68.8 Å². The minimum Gasteiger partial charge on any atom is -0.488 e. The maximum absolute atomic E-state index is 6.17. The Morgan fingerprint density at radius 2 is 1.73 bits per heavy atom. The van der Waals surface area contributed by atoms with Gasteiger partial charge in [-0.3, -0.25) is 4.98 Å². The largest absolute Gasteiger partial charge is 0.488 e. The van der Waals surface area contributed by atoms with Crippen molar-refractivity contribution in [3.8, 4) is 5.75 Å². The van der Waals surface area contributed by atoms with Crippen molar-refractivity contribution in [1.82, 2.24) is 4.98 Å². The molecule has 2 nitrogen and oxygen atoms in total. The average Bonchev–Trinajstić information content (AvgIpc) is 2.47. The van der Waals surface area contributed by atoms with E-state index in [0.717, 1.165) is 22.2 Å². The first-order valence-electron chi connectivity index (χ1n) is 6.67.